The van der Waals surface area contributed by atoms with E-state index in [1.54, 1.807) is 6.07 Å². The second kappa shape index (κ2) is 3.73. The van der Waals surface area contributed by atoms with Crippen LogP contribution in [0.5, 0.6) is 5.75 Å². The lowest BCUT2D eigenvalue weighted by Crippen LogP contribution is -2.34. The summed E-state index contributed by atoms with van der Waals surface area (Å²) in [4.78, 5) is 13.8. The van der Waals surface area contributed by atoms with Crippen molar-refractivity contribution in [2.24, 2.45) is 0 Å². The van der Waals surface area contributed by atoms with E-state index in [2.05, 4.69) is 12.1 Å². The molecule has 2 aromatic carbocycles. The minimum absolute atomic E-state index is 0.273. The topological polar surface area (TPSA) is 40.5 Å². The summed E-state index contributed by atoms with van der Waals surface area (Å²) in [7, 11) is 0. The van der Waals surface area contributed by atoms with Crippen LogP contribution in [-0.4, -0.2) is 22.5 Å². The summed E-state index contributed by atoms with van der Waals surface area (Å²) >= 11 is 0. The summed E-state index contributed by atoms with van der Waals surface area (Å²) < 4.78 is 0. The van der Waals surface area contributed by atoms with Crippen molar-refractivity contribution in [3.05, 3.63) is 41.5 Å². The molecule has 0 saturated carbocycles. The molecule has 1 atom stereocenters. The Balaban J connectivity index is 1.93. The van der Waals surface area contributed by atoms with Gasteiger partial charge in [0, 0.05) is 13.0 Å². The molecule has 2 aromatic rings. The fourth-order valence-electron chi connectivity index (χ4n) is 3.56. The Morgan fingerprint density at radius 3 is 2.95 bits per heavy atom. The Labute approximate surface area is 111 Å². The number of hydrogen-bond donors (Lipinski definition) is 1. The van der Waals surface area contributed by atoms with Crippen molar-refractivity contribution in [1.29, 1.82) is 0 Å². The quantitative estimate of drug-likeness (QED) is 0.784. The molecular weight excluding hydrogens is 238 g/mol. The van der Waals surface area contributed by atoms with Gasteiger partial charge in [-0.2, -0.15) is 0 Å². The maximum absolute atomic E-state index is 11.8. The van der Waals surface area contributed by atoms with Gasteiger partial charge in [0.25, 0.3) is 0 Å². The highest BCUT2D eigenvalue weighted by molar-refractivity contribution is 5.89. The maximum Gasteiger partial charge on any atom is 0.223 e. The summed E-state index contributed by atoms with van der Waals surface area (Å²) in [6.07, 6.45) is 2.53. The van der Waals surface area contributed by atoms with Gasteiger partial charge in [-0.15, -0.1) is 0 Å². The maximum atomic E-state index is 11.8. The molecule has 3 heteroatoms. The first-order valence-electron chi connectivity index (χ1n) is 6.78. The predicted octanol–water partition coefficient (Wildman–Crippen LogP) is 2.77. The number of carbonyl (C=O) groups is 1. The van der Waals surface area contributed by atoms with Crippen LogP contribution in [0.4, 0.5) is 0 Å². The number of fused-ring (bicyclic) bond motifs is 5. The molecule has 19 heavy (non-hydrogen) atoms. The SMILES string of the molecule is O=C1CC[C@H]2c3ccc4cc(O)ccc4c3CCN12. The van der Waals surface area contributed by atoms with E-state index in [1.807, 2.05) is 17.0 Å². The van der Waals surface area contributed by atoms with Crippen LogP contribution in [0.2, 0.25) is 0 Å². The van der Waals surface area contributed by atoms with Gasteiger partial charge in [0.15, 0.2) is 0 Å². The lowest BCUT2D eigenvalue weighted by Gasteiger charge is -2.32. The van der Waals surface area contributed by atoms with Crippen molar-refractivity contribution in [3.8, 4) is 5.75 Å². The minimum atomic E-state index is 0.273. The molecule has 0 radical (unpaired) electrons. The first-order valence-corrected chi connectivity index (χ1v) is 6.78. The highest BCUT2D eigenvalue weighted by atomic mass is 16.3. The molecule has 0 spiro atoms. The molecule has 1 fully saturated rings. The van der Waals surface area contributed by atoms with E-state index in [9.17, 15) is 9.90 Å². The third-order valence-corrected chi connectivity index (χ3v) is 4.44. The molecule has 0 aromatic heterocycles. The fraction of sp³-hybridized carbons (Fsp3) is 0.312. The number of aromatic hydroxyl groups is 1. The molecule has 0 aliphatic carbocycles. The van der Waals surface area contributed by atoms with E-state index in [0.717, 1.165) is 24.8 Å². The van der Waals surface area contributed by atoms with Crippen LogP contribution in [0.25, 0.3) is 10.8 Å². The average molecular weight is 253 g/mol. The smallest absolute Gasteiger partial charge is 0.223 e. The number of nitrogens with zero attached hydrogens (tertiary/aromatic N) is 1. The minimum Gasteiger partial charge on any atom is -0.508 e. The van der Waals surface area contributed by atoms with Gasteiger partial charge in [-0.25, -0.2) is 0 Å². The van der Waals surface area contributed by atoms with E-state index in [0.29, 0.717) is 18.1 Å². The van der Waals surface area contributed by atoms with Crippen molar-refractivity contribution in [2.75, 3.05) is 6.54 Å². The van der Waals surface area contributed by atoms with Crippen molar-refractivity contribution >= 4 is 16.7 Å². The number of carbonyl (C=O) groups excluding carboxylic acids is 1. The van der Waals surface area contributed by atoms with E-state index in [1.165, 1.54) is 16.5 Å². The Morgan fingerprint density at radius 2 is 2.05 bits per heavy atom. The molecule has 0 bridgehead atoms. The number of rotatable bonds is 0. The van der Waals surface area contributed by atoms with Gasteiger partial charge in [0.2, 0.25) is 5.91 Å². The summed E-state index contributed by atoms with van der Waals surface area (Å²) in [5.74, 6) is 0.599. The second-order valence-corrected chi connectivity index (χ2v) is 5.43. The van der Waals surface area contributed by atoms with Gasteiger partial charge in [0.1, 0.15) is 5.75 Å². The highest BCUT2D eigenvalue weighted by Crippen LogP contribution is 2.41. The summed E-state index contributed by atoms with van der Waals surface area (Å²) in [6, 6.07) is 10.0. The molecule has 2 aliphatic heterocycles. The standard InChI is InChI=1S/C16H15NO2/c18-11-2-4-12-10(9-11)1-3-14-13(12)7-8-17-15(14)5-6-16(17)19/h1-4,9,15,18H,5-8H2/t15-/m0/s1. The predicted molar refractivity (Wildman–Crippen MR) is 73.0 cm³/mol. The summed E-state index contributed by atoms with van der Waals surface area (Å²) in [6.45, 7) is 0.830. The zero-order chi connectivity index (χ0) is 13.0. The Kier molecular flexibility index (Phi) is 2.13. The van der Waals surface area contributed by atoms with Crippen LogP contribution in [0, 0.1) is 0 Å². The first kappa shape index (κ1) is 10.9. The number of phenolic OH excluding ortho intramolecular Hbond substituents is 1. The molecule has 3 nitrogen and oxygen atoms in total. The molecule has 1 N–H and O–H groups in total. The van der Waals surface area contributed by atoms with E-state index < -0.39 is 0 Å². The van der Waals surface area contributed by atoms with Crippen LogP contribution >= 0.6 is 0 Å². The fourth-order valence-corrected chi connectivity index (χ4v) is 3.56. The second-order valence-electron chi connectivity index (χ2n) is 5.43. The lowest BCUT2D eigenvalue weighted by atomic mass is 9.88. The van der Waals surface area contributed by atoms with Crippen LogP contribution < -0.4 is 0 Å². The molecule has 4 rings (SSSR count). The number of amides is 1. The van der Waals surface area contributed by atoms with Crippen LogP contribution in [0.1, 0.15) is 30.0 Å². The zero-order valence-corrected chi connectivity index (χ0v) is 10.6. The molecular formula is C16H15NO2. The zero-order valence-electron chi connectivity index (χ0n) is 10.6. The Hall–Kier alpha value is -2.03. The van der Waals surface area contributed by atoms with Gasteiger partial charge in [-0.05, 0) is 46.9 Å². The van der Waals surface area contributed by atoms with Crippen molar-refractivity contribution in [3.63, 3.8) is 0 Å². The highest BCUT2D eigenvalue weighted by Gasteiger charge is 2.36. The third-order valence-electron chi connectivity index (χ3n) is 4.44. The van der Waals surface area contributed by atoms with Crippen molar-refractivity contribution in [2.45, 2.75) is 25.3 Å². The van der Waals surface area contributed by atoms with E-state index >= 15 is 0 Å². The van der Waals surface area contributed by atoms with Crippen LogP contribution in [0.3, 0.4) is 0 Å². The normalized spacial score (nSPS) is 21.6. The Morgan fingerprint density at radius 1 is 1.16 bits per heavy atom. The number of hydrogen-bond acceptors (Lipinski definition) is 2. The Bertz CT molecular complexity index is 692. The van der Waals surface area contributed by atoms with Crippen LogP contribution in [-0.2, 0) is 11.2 Å². The largest absolute Gasteiger partial charge is 0.508 e. The molecule has 1 amide bonds. The van der Waals surface area contributed by atoms with Gasteiger partial charge >= 0.3 is 0 Å². The van der Waals surface area contributed by atoms with Crippen molar-refractivity contribution < 1.29 is 9.90 Å². The molecule has 96 valence electrons. The van der Waals surface area contributed by atoms with Crippen LogP contribution in [0.15, 0.2) is 30.3 Å². The summed E-state index contributed by atoms with van der Waals surface area (Å²) in [5.41, 5.74) is 2.66. The molecule has 2 heterocycles. The third kappa shape index (κ3) is 1.47. The molecule has 1 saturated heterocycles. The van der Waals surface area contributed by atoms with E-state index in [4.69, 9.17) is 0 Å². The monoisotopic (exact) mass is 253 g/mol. The van der Waals surface area contributed by atoms with Gasteiger partial charge in [-0.1, -0.05) is 18.2 Å². The van der Waals surface area contributed by atoms with Gasteiger partial charge in [0.05, 0.1) is 6.04 Å². The number of benzene rings is 2. The van der Waals surface area contributed by atoms with Crippen molar-refractivity contribution in [1.82, 2.24) is 4.90 Å². The lowest BCUT2D eigenvalue weighted by molar-refractivity contribution is -0.129. The molecule has 0 unspecified atom stereocenters. The first-order chi connectivity index (χ1) is 9.24. The van der Waals surface area contributed by atoms with Gasteiger partial charge < -0.3 is 10.0 Å². The molecule has 2 aliphatic rings. The van der Waals surface area contributed by atoms with Gasteiger partial charge in [-0.3, -0.25) is 4.79 Å². The van der Waals surface area contributed by atoms with E-state index in [-0.39, 0.29) is 6.04 Å². The average Bonchev–Trinajstić information content (AvgIpc) is 2.80. The number of phenols is 1. The summed E-state index contributed by atoms with van der Waals surface area (Å²) in [5, 5.41) is 11.9.